The molecule has 0 saturated heterocycles. The Morgan fingerprint density at radius 3 is 1.77 bits per heavy atom. The third kappa shape index (κ3) is 5.37. The lowest BCUT2D eigenvalue weighted by Crippen LogP contribution is -2.32. The van der Waals surface area contributed by atoms with Crippen molar-refractivity contribution in [1.82, 2.24) is 0 Å². The van der Waals surface area contributed by atoms with E-state index in [0.717, 1.165) is 19.3 Å². The van der Waals surface area contributed by atoms with Crippen molar-refractivity contribution in [3.05, 3.63) is 70.6 Å². The molecular weight excluding hydrogens is 324 g/mol. The highest BCUT2D eigenvalue weighted by Gasteiger charge is 2.42. The van der Waals surface area contributed by atoms with Gasteiger partial charge in [-0.05, 0) is 51.0 Å². The summed E-state index contributed by atoms with van der Waals surface area (Å²) in [5.41, 5.74) is 39.8. The molecule has 26 heavy (non-hydrogen) atoms. The van der Waals surface area contributed by atoms with E-state index < -0.39 is 0 Å². The Bertz CT molecular complexity index is 693. The summed E-state index contributed by atoms with van der Waals surface area (Å²) in [6, 6.07) is 0. The van der Waals surface area contributed by atoms with E-state index in [9.17, 15) is 0 Å². The summed E-state index contributed by atoms with van der Waals surface area (Å²) in [7, 11) is 0. The van der Waals surface area contributed by atoms with Gasteiger partial charge in [0.05, 0.1) is 0 Å². The molecule has 0 aromatic heterocycles. The molecule has 0 amide bonds. The Morgan fingerprint density at radius 1 is 0.769 bits per heavy atom. The average Bonchev–Trinajstić information content (AvgIpc) is 2.97. The SMILES string of the molecule is C/C=C(N)/C=C(N)/C=C(\N)C1CCC[C@]1(C)/C(N)=C/C(N)=C/C(N)=C/C. The van der Waals surface area contributed by atoms with Crippen molar-refractivity contribution >= 4 is 0 Å². The van der Waals surface area contributed by atoms with E-state index in [0.29, 0.717) is 34.2 Å². The number of hydrogen-bond acceptors (Lipinski definition) is 6. The molecule has 1 aliphatic carbocycles. The zero-order valence-electron chi connectivity index (χ0n) is 16.1. The second kappa shape index (κ2) is 9.08. The molecule has 0 aliphatic heterocycles. The van der Waals surface area contributed by atoms with Crippen molar-refractivity contribution in [2.75, 3.05) is 0 Å². The number of allylic oxidation sites excluding steroid dienone is 8. The Morgan fingerprint density at radius 2 is 1.27 bits per heavy atom. The van der Waals surface area contributed by atoms with Crippen LogP contribution in [0.1, 0.15) is 40.0 Å². The van der Waals surface area contributed by atoms with Crippen molar-refractivity contribution in [1.29, 1.82) is 0 Å². The van der Waals surface area contributed by atoms with E-state index in [4.69, 9.17) is 34.4 Å². The van der Waals surface area contributed by atoms with Crippen molar-refractivity contribution in [3.63, 3.8) is 0 Å². The lowest BCUT2D eigenvalue weighted by Gasteiger charge is -2.33. The lowest BCUT2D eigenvalue weighted by molar-refractivity contribution is 0.318. The molecule has 0 aromatic carbocycles. The first-order valence-electron chi connectivity index (χ1n) is 8.86. The minimum atomic E-state index is -0.282. The van der Waals surface area contributed by atoms with Crippen LogP contribution in [-0.2, 0) is 0 Å². The smallest absolute Gasteiger partial charge is 0.0351 e. The largest absolute Gasteiger partial charge is 0.402 e. The van der Waals surface area contributed by atoms with Gasteiger partial charge in [-0.1, -0.05) is 25.5 Å². The van der Waals surface area contributed by atoms with Gasteiger partial charge in [0.1, 0.15) is 0 Å². The monoisotopic (exact) mass is 358 g/mol. The van der Waals surface area contributed by atoms with E-state index in [1.54, 1.807) is 36.5 Å². The number of hydrogen-bond donors (Lipinski definition) is 6. The molecule has 1 unspecified atom stereocenters. The van der Waals surface area contributed by atoms with Gasteiger partial charge < -0.3 is 34.4 Å². The normalized spacial score (nSPS) is 27.1. The van der Waals surface area contributed by atoms with Crippen LogP contribution in [0.25, 0.3) is 0 Å². The Labute approximate surface area is 157 Å². The molecular formula is C20H34N6. The van der Waals surface area contributed by atoms with Crippen LogP contribution in [0.15, 0.2) is 70.6 Å². The summed E-state index contributed by atoms with van der Waals surface area (Å²) in [5, 5.41) is 0. The zero-order valence-corrected chi connectivity index (χ0v) is 16.1. The first-order chi connectivity index (χ1) is 12.1. The van der Waals surface area contributed by atoms with Gasteiger partial charge in [-0.3, -0.25) is 0 Å². The van der Waals surface area contributed by atoms with Gasteiger partial charge in [0.25, 0.3) is 0 Å². The summed E-state index contributed by atoms with van der Waals surface area (Å²) >= 11 is 0. The van der Waals surface area contributed by atoms with E-state index in [-0.39, 0.29) is 11.3 Å². The fraction of sp³-hybridized carbons (Fsp3) is 0.400. The molecule has 0 bridgehead atoms. The van der Waals surface area contributed by atoms with Gasteiger partial charge in [0.2, 0.25) is 0 Å². The van der Waals surface area contributed by atoms with E-state index in [2.05, 4.69) is 6.92 Å². The summed E-state index contributed by atoms with van der Waals surface area (Å²) in [6.45, 7) is 5.82. The third-order valence-corrected chi connectivity index (χ3v) is 5.01. The van der Waals surface area contributed by atoms with Crippen molar-refractivity contribution in [2.45, 2.75) is 40.0 Å². The molecule has 1 saturated carbocycles. The molecule has 2 atom stereocenters. The minimum absolute atomic E-state index is 0.0874. The zero-order chi connectivity index (χ0) is 19.9. The molecule has 144 valence electrons. The van der Waals surface area contributed by atoms with Crippen LogP contribution in [0.3, 0.4) is 0 Å². The van der Waals surface area contributed by atoms with Gasteiger partial charge in [-0.25, -0.2) is 0 Å². The molecule has 0 radical (unpaired) electrons. The Balaban J connectivity index is 3.14. The lowest BCUT2D eigenvalue weighted by atomic mass is 9.75. The molecule has 0 aromatic rings. The predicted octanol–water partition coefficient (Wildman–Crippen LogP) is 1.89. The first-order valence-corrected chi connectivity index (χ1v) is 8.86. The fourth-order valence-electron chi connectivity index (χ4n) is 3.32. The Kier molecular flexibility index (Phi) is 7.43. The highest BCUT2D eigenvalue weighted by Crippen LogP contribution is 2.49. The molecule has 1 fully saturated rings. The van der Waals surface area contributed by atoms with Gasteiger partial charge in [-0.2, -0.15) is 0 Å². The van der Waals surface area contributed by atoms with Crippen LogP contribution in [0, 0.1) is 11.3 Å². The predicted molar refractivity (Wildman–Crippen MR) is 110 cm³/mol. The van der Waals surface area contributed by atoms with Gasteiger partial charge in [0.15, 0.2) is 0 Å². The van der Waals surface area contributed by atoms with Gasteiger partial charge in [0, 0.05) is 45.5 Å². The maximum atomic E-state index is 6.41. The number of rotatable bonds is 6. The topological polar surface area (TPSA) is 156 Å². The van der Waals surface area contributed by atoms with E-state index in [1.807, 2.05) is 13.8 Å². The van der Waals surface area contributed by atoms with Crippen LogP contribution in [0.4, 0.5) is 0 Å². The third-order valence-electron chi connectivity index (χ3n) is 5.01. The second-order valence-electron chi connectivity index (χ2n) is 6.97. The molecule has 12 N–H and O–H groups in total. The maximum Gasteiger partial charge on any atom is 0.0351 e. The van der Waals surface area contributed by atoms with Crippen molar-refractivity contribution < 1.29 is 0 Å². The summed E-state index contributed by atoms with van der Waals surface area (Å²) in [4.78, 5) is 0. The van der Waals surface area contributed by atoms with Crippen molar-refractivity contribution in [3.8, 4) is 0 Å². The molecule has 0 spiro atoms. The highest BCUT2D eigenvalue weighted by molar-refractivity contribution is 5.34. The average molecular weight is 359 g/mol. The van der Waals surface area contributed by atoms with Crippen LogP contribution in [0.2, 0.25) is 0 Å². The van der Waals surface area contributed by atoms with Crippen LogP contribution < -0.4 is 34.4 Å². The molecule has 6 nitrogen and oxygen atoms in total. The van der Waals surface area contributed by atoms with Crippen molar-refractivity contribution in [2.24, 2.45) is 45.7 Å². The molecule has 1 rings (SSSR count). The first kappa shape index (κ1) is 21.3. The Hall–Kier alpha value is -2.76. The van der Waals surface area contributed by atoms with Crippen LogP contribution in [-0.4, -0.2) is 0 Å². The summed E-state index contributed by atoms with van der Waals surface area (Å²) < 4.78 is 0. The highest BCUT2D eigenvalue weighted by atomic mass is 14.7. The summed E-state index contributed by atoms with van der Waals surface area (Å²) in [5.74, 6) is 0.0874. The molecule has 6 heteroatoms. The minimum Gasteiger partial charge on any atom is -0.402 e. The molecule has 1 aliphatic rings. The standard InChI is InChI=1S/C20H34N6/c1-4-13(21)9-15(23)11-18(25)17-7-6-8-20(17,3)19(26)12-16(24)10-14(22)5-2/h4-5,9-12,17H,6-8,21-26H2,1-3H3/b13-4-,14-5-,15-9-,16-10-,18-11-,19-12-/t17?,20-/m0/s1. The van der Waals surface area contributed by atoms with Gasteiger partial charge in [-0.15, -0.1) is 0 Å². The van der Waals surface area contributed by atoms with E-state index in [1.165, 1.54) is 0 Å². The van der Waals surface area contributed by atoms with Crippen LogP contribution in [0.5, 0.6) is 0 Å². The fourth-order valence-corrected chi connectivity index (χ4v) is 3.32. The quantitative estimate of drug-likeness (QED) is 0.398. The maximum absolute atomic E-state index is 6.41. The van der Waals surface area contributed by atoms with E-state index >= 15 is 0 Å². The summed E-state index contributed by atoms with van der Waals surface area (Å²) in [6.07, 6.45) is 13.4. The van der Waals surface area contributed by atoms with Crippen LogP contribution >= 0.6 is 0 Å². The van der Waals surface area contributed by atoms with Gasteiger partial charge >= 0.3 is 0 Å². The second-order valence-corrected chi connectivity index (χ2v) is 6.97. The number of nitrogens with two attached hydrogens (primary N) is 6. The molecule has 0 heterocycles.